The fourth-order valence-electron chi connectivity index (χ4n) is 14.1. The van der Waals surface area contributed by atoms with Gasteiger partial charge >= 0.3 is 5.97 Å². The molecule has 2 heterocycles. The standard InChI is InChI=1S/C38H60O9/c1-19-16-24(32(34(6,7)43)45-21(3)39)46-30-29(19)35(8)14-15-38-20(2)37(38)13-12-27(47-28-17-22(40)23(41)18-44-28)33(4,5)25(37)10-11-26(38)36(35,9)31(30)42/h19-20,22-30,32,40-41,43H,10-18H2,1-9H3/t19-,20-,22-,23-,24-,25?,26+,27+,28+,29?,30+,32+,35-,36-,37-,38+/m1/s1. The Labute approximate surface area is 280 Å². The molecule has 16 atom stereocenters. The van der Waals surface area contributed by atoms with E-state index in [1.54, 1.807) is 13.8 Å². The van der Waals surface area contributed by atoms with Crippen LogP contribution < -0.4 is 0 Å². The minimum absolute atomic E-state index is 0.000446. The summed E-state index contributed by atoms with van der Waals surface area (Å²) in [4.78, 5) is 27.1. The maximum atomic E-state index is 15.0. The van der Waals surface area contributed by atoms with Gasteiger partial charge in [-0.25, -0.2) is 0 Å². The third-order valence-corrected chi connectivity index (χ3v) is 16.2. The van der Waals surface area contributed by atoms with Crippen molar-refractivity contribution in [3.63, 3.8) is 0 Å². The molecule has 3 N–H and O–H groups in total. The van der Waals surface area contributed by atoms with Crippen molar-refractivity contribution >= 4 is 11.8 Å². The number of fused-ring (bicyclic) bond motifs is 4. The summed E-state index contributed by atoms with van der Waals surface area (Å²) in [6, 6.07) is 0. The molecule has 266 valence electrons. The van der Waals surface area contributed by atoms with Crippen LogP contribution in [0.3, 0.4) is 0 Å². The fraction of sp³-hybridized carbons (Fsp3) is 0.947. The van der Waals surface area contributed by atoms with Crippen LogP contribution in [0, 0.1) is 56.7 Å². The summed E-state index contributed by atoms with van der Waals surface area (Å²) >= 11 is 0. The van der Waals surface area contributed by atoms with Gasteiger partial charge in [0.25, 0.3) is 0 Å². The van der Waals surface area contributed by atoms with E-state index in [1.807, 2.05) is 0 Å². The lowest BCUT2D eigenvalue weighted by molar-refractivity contribution is -0.265. The van der Waals surface area contributed by atoms with E-state index in [-0.39, 0.29) is 64.3 Å². The van der Waals surface area contributed by atoms with Gasteiger partial charge in [-0.1, -0.05) is 41.5 Å². The van der Waals surface area contributed by atoms with E-state index in [0.29, 0.717) is 18.3 Å². The molecule has 0 aromatic rings. The number of hydrogen-bond donors (Lipinski definition) is 3. The second-order valence-electron chi connectivity index (χ2n) is 18.6. The molecule has 0 amide bonds. The quantitative estimate of drug-likeness (QED) is 0.281. The van der Waals surface area contributed by atoms with Crippen LogP contribution >= 0.6 is 0 Å². The number of carbonyl (C=O) groups excluding carboxylic acids is 2. The van der Waals surface area contributed by atoms with Gasteiger partial charge in [-0.15, -0.1) is 0 Å². The van der Waals surface area contributed by atoms with Gasteiger partial charge in [0.15, 0.2) is 18.2 Å². The summed E-state index contributed by atoms with van der Waals surface area (Å²) in [6.45, 7) is 18.8. The zero-order valence-electron chi connectivity index (χ0n) is 30.1. The number of carbonyl (C=O) groups is 2. The van der Waals surface area contributed by atoms with Gasteiger partial charge in [0.1, 0.15) is 12.2 Å². The maximum absolute atomic E-state index is 15.0. The highest BCUT2D eigenvalue weighted by molar-refractivity contribution is 5.93. The number of aliphatic hydroxyl groups is 3. The zero-order chi connectivity index (χ0) is 34.3. The molecule has 9 nitrogen and oxygen atoms in total. The molecule has 5 saturated carbocycles. The van der Waals surface area contributed by atoms with Crippen molar-refractivity contribution in [1.29, 1.82) is 0 Å². The van der Waals surface area contributed by atoms with E-state index in [9.17, 15) is 20.1 Å². The minimum atomic E-state index is -1.30. The second kappa shape index (κ2) is 10.7. The average molecular weight is 661 g/mol. The largest absolute Gasteiger partial charge is 0.457 e. The first-order chi connectivity index (χ1) is 21.8. The first-order valence-electron chi connectivity index (χ1n) is 18.5. The Morgan fingerprint density at radius 3 is 2.26 bits per heavy atom. The smallest absolute Gasteiger partial charge is 0.303 e. The van der Waals surface area contributed by atoms with Gasteiger partial charge in [-0.2, -0.15) is 0 Å². The third kappa shape index (κ3) is 4.35. The predicted molar refractivity (Wildman–Crippen MR) is 173 cm³/mol. The molecular formula is C38H60O9. The number of hydrogen-bond acceptors (Lipinski definition) is 9. The molecule has 2 saturated heterocycles. The molecule has 2 spiro atoms. The van der Waals surface area contributed by atoms with E-state index >= 15 is 4.79 Å². The molecule has 0 aromatic carbocycles. The molecule has 0 aromatic heterocycles. The molecule has 7 fully saturated rings. The maximum Gasteiger partial charge on any atom is 0.303 e. The van der Waals surface area contributed by atoms with E-state index in [4.69, 9.17) is 18.9 Å². The number of aliphatic hydroxyl groups excluding tert-OH is 2. The Morgan fingerprint density at radius 2 is 1.62 bits per heavy atom. The highest BCUT2D eigenvalue weighted by atomic mass is 16.7. The lowest BCUT2D eigenvalue weighted by Crippen LogP contribution is -2.59. The van der Waals surface area contributed by atoms with Crippen LogP contribution in [0.5, 0.6) is 0 Å². The summed E-state index contributed by atoms with van der Waals surface area (Å²) in [5.41, 5.74) is -1.86. The molecule has 7 aliphatic rings. The fourth-order valence-corrected chi connectivity index (χ4v) is 14.1. The molecule has 0 bridgehead atoms. The van der Waals surface area contributed by atoms with Crippen molar-refractivity contribution in [3.8, 4) is 0 Å². The van der Waals surface area contributed by atoms with Crippen LogP contribution in [0.4, 0.5) is 0 Å². The van der Waals surface area contributed by atoms with Gasteiger partial charge in [-0.05, 0) is 104 Å². The molecule has 9 heteroatoms. The lowest BCUT2D eigenvalue weighted by Gasteiger charge is -2.62. The van der Waals surface area contributed by atoms with Gasteiger partial charge in [0, 0.05) is 24.7 Å². The van der Waals surface area contributed by atoms with Gasteiger partial charge in [-0.3, -0.25) is 9.59 Å². The number of ketones is 1. The molecule has 5 aliphatic carbocycles. The number of ether oxygens (including phenoxy) is 4. The van der Waals surface area contributed by atoms with E-state index in [2.05, 4.69) is 41.5 Å². The lowest BCUT2D eigenvalue weighted by atomic mass is 9.41. The Balaban J connectivity index is 1.17. The summed E-state index contributed by atoms with van der Waals surface area (Å²) in [5.74, 6) is 1.28. The number of rotatable bonds is 5. The minimum Gasteiger partial charge on any atom is -0.457 e. The van der Waals surface area contributed by atoms with E-state index in [0.717, 1.165) is 38.5 Å². The SMILES string of the molecule is CC(=O)O[C@@H]([C@H]1C[C@@H](C)C2[C@H](O1)C(=O)[C@@]1(C)[C@@H]3CCC4C(C)(C)[C@@H](O[C@H]5C[C@@H](O)[C@H](O)CO5)CC[C@@]45[C@@H](C)[C@@]35CC[C@]21C)C(C)(C)O. The number of Topliss-reactive ketones (excluding diaryl/α,β-unsaturated/α-hetero) is 1. The third-order valence-electron chi connectivity index (χ3n) is 16.2. The van der Waals surface area contributed by atoms with Crippen LogP contribution in [0.2, 0.25) is 0 Å². The first-order valence-corrected chi connectivity index (χ1v) is 18.5. The second-order valence-corrected chi connectivity index (χ2v) is 18.6. The van der Waals surface area contributed by atoms with Gasteiger partial charge < -0.3 is 34.3 Å². The van der Waals surface area contributed by atoms with Crippen molar-refractivity contribution in [2.45, 2.75) is 162 Å². The summed E-state index contributed by atoms with van der Waals surface area (Å²) in [6.07, 6.45) is 2.93. The highest BCUT2D eigenvalue weighted by Crippen LogP contribution is 2.91. The van der Waals surface area contributed by atoms with Crippen LogP contribution in [0.15, 0.2) is 0 Å². The van der Waals surface area contributed by atoms with Crippen molar-refractivity contribution in [2.75, 3.05) is 6.61 Å². The van der Waals surface area contributed by atoms with Crippen molar-refractivity contribution in [3.05, 3.63) is 0 Å². The summed E-state index contributed by atoms with van der Waals surface area (Å²) in [5, 5.41) is 31.2. The van der Waals surface area contributed by atoms with Gasteiger partial charge in [0.2, 0.25) is 0 Å². The Kier molecular flexibility index (Phi) is 7.83. The Bertz CT molecular complexity index is 1290. The van der Waals surface area contributed by atoms with Crippen molar-refractivity contribution < 1.29 is 43.9 Å². The molecule has 2 unspecified atom stereocenters. The van der Waals surface area contributed by atoms with E-state index in [1.165, 1.54) is 6.92 Å². The Hall–Kier alpha value is -1.10. The molecule has 0 radical (unpaired) electrons. The zero-order valence-corrected chi connectivity index (χ0v) is 30.1. The van der Waals surface area contributed by atoms with Crippen LogP contribution in [-0.2, 0) is 28.5 Å². The van der Waals surface area contributed by atoms with Crippen LogP contribution in [0.1, 0.15) is 114 Å². The number of esters is 1. The average Bonchev–Trinajstić information content (AvgIpc) is 3.45. The summed E-state index contributed by atoms with van der Waals surface area (Å²) < 4.78 is 24.8. The van der Waals surface area contributed by atoms with Crippen molar-refractivity contribution in [1.82, 2.24) is 0 Å². The molecule has 2 aliphatic heterocycles. The van der Waals surface area contributed by atoms with Crippen LogP contribution in [-0.4, -0.2) is 82.2 Å². The highest BCUT2D eigenvalue weighted by Gasteiger charge is 2.88. The monoisotopic (exact) mass is 660 g/mol. The van der Waals surface area contributed by atoms with Crippen molar-refractivity contribution in [2.24, 2.45) is 56.7 Å². The topological polar surface area (TPSA) is 132 Å². The molecule has 47 heavy (non-hydrogen) atoms. The van der Waals surface area contributed by atoms with E-state index < -0.39 is 53.8 Å². The molecule has 7 rings (SSSR count). The molecular weight excluding hydrogens is 600 g/mol. The summed E-state index contributed by atoms with van der Waals surface area (Å²) in [7, 11) is 0. The Morgan fingerprint density at radius 1 is 0.957 bits per heavy atom. The van der Waals surface area contributed by atoms with Crippen LogP contribution in [0.25, 0.3) is 0 Å². The van der Waals surface area contributed by atoms with Gasteiger partial charge in [0.05, 0.1) is 30.5 Å². The predicted octanol–water partition coefficient (Wildman–Crippen LogP) is 4.81. The first kappa shape index (κ1) is 34.4. The normalized spacial score (nSPS) is 53.9.